The molecule has 0 N–H and O–H groups in total. The summed E-state index contributed by atoms with van der Waals surface area (Å²) in [5.74, 6) is -5.74. The molecule has 126 valence electrons. The van der Waals surface area contributed by atoms with Crippen molar-refractivity contribution in [3.63, 3.8) is 0 Å². The average molecular weight is 352 g/mol. The monoisotopic (exact) mass is 352 g/mol. The van der Waals surface area contributed by atoms with Crippen LogP contribution in [0.1, 0.15) is 17.9 Å². The van der Waals surface area contributed by atoms with Crippen molar-refractivity contribution in [1.82, 2.24) is 0 Å². The van der Waals surface area contributed by atoms with E-state index in [2.05, 4.69) is 0 Å². The molecule has 0 spiro atoms. The van der Waals surface area contributed by atoms with Crippen LogP contribution in [0, 0.1) is 0 Å². The van der Waals surface area contributed by atoms with Gasteiger partial charge in [-0.15, -0.1) is 0 Å². The summed E-state index contributed by atoms with van der Waals surface area (Å²) in [6, 6.07) is 14.2. The second-order valence-corrected chi connectivity index (χ2v) is 7.81. The lowest BCUT2D eigenvalue weighted by atomic mass is 9.84. The molecule has 2 aromatic rings. The normalized spacial score (nSPS) is 26.2. The van der Waals surface area contributed by atoms with Gasteiger partial charge >= 0.3 is 5.92 Å². The molecule has 2 atom stereocenters. The summed E-state index contributed by atoms with van der Waals surface area (Å²) >= 11 is 0. The number of hydrogen-bond donors (Lipinski definition) is 0. The molecule has 2 aromatic carbocycles. The topological polar surface area (TPSA) is 34.1 Å². The molecule has 0 radical (unpaired) electrons. The number of benzene rings is 2. The van der Waals surface area contributed by atoms with Crippen molar-refractivity contribution in [2.45, 2.75) is 28.2 Å². The van der Waals surface area contributed by atoms with E-state index in [1.54, 1.807) is 18.2 Å². The molecule has 0 heterocycles. The third-order valence-corrected chi connectivity index (χ3v) is 6.42. The van der Waals surface area contributed by atoms with Gasteiger partial charge in [-0.05, 0) is 17.7 Å². The van der Waals surface area contributed by atoms with Gasteiger partial charge in [0.1, 0.15) is 0 Å². The zero-order valence-electron chi connectivity index (χ0n) is 12.6. The van der Waals surface area contributed by atoms with Crippen molar-refractivity contribution in [1.29, 1.82) is 0 Å². The first kappa shape index (κ1) is 16.8. The zero-order chi connectivity index (χ0) is 17.4. The number of alkyl halides is 3. The molecule has 2 nitrogen and oxygen atoms in total. The van der Waals surface area contributed by atoms with Crippen LogP contribution in [0.15, 0.2) is 77.7 Å². The number of halogens is 3. The molecule has 0 bridgehead atoms. The van der Waals surface area contributed by atoms with Crippen LogP contribution in [0.2, 0.25) is 0 Å². The van der Waals surface area contributed by atoms with Gasteiger partial charge in [-0.2, -0.15) is 0 Å². The van der Waals surface area contributed by atoms with Gasteiger partial charge in [0.25, 0.3) is 5.00 Å². The van der Waals surface area contributed by atoms with Gasteiger partial charge in [0.15, 0.2) is 0 Å². The maximum absolute atomic E-state index is 15.4. The third-order valence-electron chi connectivity index (χ3n) is 4.24. The Morgan fingerprint density at radius 3 is 2.00 bits per heavy atom. The Morgan fingerprint density at radius 1 is 0.875 bits per heavy atom. The van der Waals surface area contributed by atoms with Gasteiger partial charge < -0.3 is 0 Å². The van der Waals surface area contributed by atoms with Gasteiger partial charge in [-0.25, -0.2) is 21.6 Å². The molecule has 0 aromatic heterocycles. The van der Waals surface area contributed by atoms with Crippen LogP contribution >= 0.6 is 0 Å². The highest BCUT2D eigenvalue weighted by Crippen LogP contribution is 2.53. The van der Waals surface area contributed by atoms with Gasteiger partial charge in [0, 0.05) is 6.42 Å². The Labute approximate surface area is 138 Å². The van der Waals surface area contributed by atoms with Gasteiger partial charge in [-0.3, -0.25) is 0 Å². The molecule has 0 fully saturated rings. The van der Waals surface area contributed by atoms with Crippen LogP contribution in [0.5, 0.6) is 0 Å². The molecule has 0 saturated carbocycles. The predicted octanol–water partition coefficient (Wildman–Crippen LogP) is 4.51. The largest absolute Gasteiger partial charge is 0.306 e. The number of allylic oxidation sites excluding steroid dienone is 2. The molecule has 0 aliphatic heterocycles. The number of sulfone groups is 1. The van der Waals surface area contributed by atoms with Crippen LogP contribution in [0.4, 0.5) is 13.2 Å². The third kappa shape index (κ3) is 2.36. The molecule has 6 heteroatoms. The summed E-state index contributed by atoms with van der Waals surface area (Å²) in [5, 5.41) is -3.70. The van der Waals surface area contributed by atoms with Crippen LogP contribution in [0.3, 0.4) is 0 Å². The highest BCUT2D eigenvalue weighted by molar-refractivity contribution is 7.92. The van der Waals surface area contributed by atoms with Crippen molar-refractivity contribution in [2.75, 3.05) is 0 Å². The molecule has 24 heavy (non-hydrogen) atoms. The van der Waals surface area contributed by atoms with Crippen LogP contribution in [-0.2, 0) is 9.84 Å². The smallest absolute Gasteiger partial charge is 0.220 e. The molecular weight excluding hydrogens is 337 g/mol. The highest BCUT2D eigenvalue weighted by atomic mass is 32.2. The summed E-state index contributed by atoms with van der Waals surface area (Å²) in [6.07, 6.45) is 1.46. The molecule has 0 amide bonds. The minimum absolute atomic E-state index is 0.170. The van der Waals surface area contributed by atoms with E-state index in [0.717, 1.165) is 12.1 Å². The lowest BCUT2D eigenvalue weighted by Crippen LogP contribution is -2.54. The fourth-order valence-corrected chi connectivity index (χ4v) is 4.59. The van der Waals surface area contributed by atoms with Crippen molar-refractivity contribution in [3.05, 3.63) is 78.4 Å². The van der Waals surface area contributed by atoms with Crippen LogP contribution in [0.25, 0.3) is 0 Å². The molecular formula is C18H15F3O2S. The first-order valence-electron chi connectivity index (χ1n) is 7.39. The van der Waals surface area contributed by atoms with Crippen molar-refractivity contribution >= 4 is 9.84 Å². The van der Waals surface area contributed by atoms with Gasteiger partial charge in [-0.1, -0.05) is 60.7 Å². The lowest BCUT2D eigenvalue weighted by molar-refractivity contribution is -0.108. The Bertz CT molecular complexity index is 848. The van der Waals surface area contributed by atoms with E-state index in [1.807, 2.05) is 0 Å². The molecule has 1 aliphatic carbocycles. The van der Waals surface area contributed by atoms with Gasteiger partial charge in [0.2, 0.25) is 9.84 Å². The molecule has 2 unspecified atom stereocenters. The molecule has 0 saturated heterocycles. The van der Waals surface area contributed by atoms with E-state index >= 15 is 4.39 Å². The summed E-state index contributed by atoms with van der Waals surface area (Å²) in [4.78, 5) is -0.450. The second kappa shape index (κ2) is 5.77. The maximum atomic E-state index is 15.4. The minimum atomic E-state index is -4.88. The van der Waals surface area contributed by atoms with Crippen molar-refractivity contribution < 1.29 is 21.6 Å². The minimum Gasteiger partial charge on any atom is -0.220 e. The van der Waals surface area contributed by atoms with Crippen LogP contribution < -0.4 is 0 Å². The van der Waals surface area contributed by atoms with E-state index in [0.29, 0.717) is 0 Å². The Hall–Kier alpha value is -2.08. The van der Waals surface area contributed by atoms with Crippen molar-refractivity contribution in [3.8, 4) is 0 Å². The summed E-state index contributed by atoms with van der Waals surface area (Å²) < 4.78 is 70.5. The summed E-state index contributed by atoms with van der Waals surface area (Å²) in [5.41, 5.74) is 0.170. The fraction of sp³-hybridized carbons (Fsp3) is 0.222. The average Bonchev–Trinajstić information content (AvgIpc) is 2.58. The first-order chi connectivity index (χ1) is 11.3. The lowest BCUT2D eigenvalue weighted by Gasteiger charge is -2.39. The Kier molecular flexibility index (Phi) is 4.03. The SMILES string of the molecule is O=S(=O)(c1ccccc1)C1(F)CC=CC(c2ccccc2)C1(F)F. The van der Waals surface area contributed by atoms with Gasteiger partial charge in [0.05, 0.1) is 10.8 Å². The van der Waals surface area contributed by atoms with E-state index in [1.165, 1.54) is 42.5 Å². The quantitative estimate of drug-likeness (QED) is 0.762. The maximum Gasteiger partial charge on any atom is 0.306 e. The van der Waals surface area contributed by atoms with E-state index < -0.39 is 38.0 Å². The van der Waals surface area contributed by atoms with Crippen LogP contribution in [-0.4, -0.2) is 19.3 Å². The predicted molar refractivity (Wildman–Crippen MR) is 85.4 cm³/mol. The number of rotatable bonds is 3. The highest BCUT2D eigenvalue weighted by Gasteiger charge is 2.67. The summed E-state index contributed by atoms with van der Waals surface area (Å²) in [7, 11) is -4.88. The first-order valence-corrected chi connectivity index (χ1v) is 8.87. The fourth-order valence-electron chi connectivity index (χ4n) is 2.90. The Morgan fingerprint density at radius 2 is 1.42 bits per heavy atom. The number of hydrogen-bond acceptors (Lipinski definition) is 2. The molecule has 3 rings (SSSR count). The standard InChI is InChI=1S/C18H15F3O2S/c19-17(24(22,23)15-10-5-2-6-11-15)13-7-12-16(18(17,20)21)14-8-3-1-4-9-14/h1-12,16H,13H2. The molecule has 1 aliphatic rings. The summed E-state index contributed by atoms with van der Waals surface area (Å²) in [6.45, 7) is 0. The van der Waals surface area contributed by atoms with E-state index in [4.69, 9.17) is 0 Å². The van der Waals surface area contributed by atoms with Crippen molar-refractivity contribution in [2.24, 2.45) is 0 Å². The Balaban J connectivity index is 2.13. The second-order valence-electron chi connectivity index (χ2n) is 5.69. The zero-order valence-corrected chi connectivity index (χ0v) is 13.4. The van der Waals surface area contributed by atoms with E-state index in [-0.39, 0.29) is 5.56 Å². The van der Waals surface area contributed by atoms with E-state index in [9.17, 15) is 17.2 Å².